The van der Waals surface area contributed by atoms with Crippen LogP contribution >= 0.6 is 0 Å². The van der Waals surface area contributed by atoms with Gasteiger partial charge < -0.3 is 19.5 Å². The zero-order valence-electron chi connectivity index (χ0n) is 18.6. The van der Waals surface area contributed by atoms with Crippen LogP contribution in [0.1, 0.15) is 98.8 Å². The summed E-state index contributed by atoms with van der Waals surface area (Å²) in [7, 11) is 0. The van der Waals surface area contributed by atoms with Gasteiger partial charge in [-0.2, -0.15) is 0 Å². The average Bonchev–Trinajstić information content (AvgIpc) is 2.59. The van der Waals surface area contributed by atoms with Gasteiger partial charge in [-0.05, 0) is 33.6 Å². The van der Waals surface area contributed by atoms with E-state index in [1.807, 2.05) is 20.8 Å². The molecule has 0 spiro atoms. The minimum Gasteiger partial charge on any atom is -0.444 e. The van der Waals surface area contributed by atoms with Gasteiger partial charge in [-0.15, -0.1) is 0 Å². The molecule has 0 heterocycles. The van der Waals surface area contributed by atoms with E-state index in [9.17, 15) is 4.79 Å². The molecule has 1 N–H and O–H groups in total. The monoisotopic (exact) mass is 387 g/mol. The molecule has 5 nitrogen and oxygen atoms in total. The van der Waals surface area contributed by atoms with Crippen LogP contribution in [0.15, 0.2) is 0 Å². The summed E-state index contributed by atoms with van der Waals surface area (Å²) in [5.41, 5.74) is -0.491. The van der Waals surface area contributed by atoms with Crippen molar-refractivity contribution in [3.63, 3.8) is 0 Å². The number of ether oxygens (including phenoxy) is 3. The van der Waals surface area contributed by atoms with Crippen molar-refractivity contribution >= 4 is 6.09 Å². The van der Waals surface area contributed by atoms with Crippen molar-refractivity contribution in [1.82, 2.24) is 5.32 Å². The topological polar surface area (TPSA) is 56.8 Å². The van der Waals surface area contributed by atoms with Crippen LogP contribution in [0.5, 0.6) is 0 Å². The number of alkyl carbamates (subject to hydrolysis) is 1. The molecule has 0 aromatic heterocycles. The van der Waals surface area contributed by atoms with Crippen molar-refractivity contribution in [1.29, 1.82) is 0 Å². The van der Waals surface area contributed by atoms with Gasteiger partial charge in [-0.1, -0.05) is 65.2 Å². The lowest BCUT2D eigenvalue weighted by atomic mass is 10.2. The Kier molecular flexibility index (Phi) is 16.8. The van der Waals surface area contributed by atoms with Gasteiger partial charge in [0, 0.05) is 19.8 Å². The molecule has 1 atom stereocenters. The van der Waals surface area contributed by atoms with Gasteiger partial charge in [-0.25, -0.2) is 4.79 Å². The standard InChI is InChI=1S/C22H45NO4/c1-6-8-10-12-14-16-25-19-20(26-17-15-13-11-9-7-2)18-23-21(24)27-22(3,4)5/h20H,6-19H2,1-5H3,(H,23,24). The maximum absolute atomic E-state index is 11.9. The lowest BCUT2D eigenvalue weighted by Gasteiger charge is -2.22. The lowest BCUT2D eigenvalue weighted by Crippen LogP contribution is -2.39. The summed E-state index contributed by atoms with van der Waals surface area (Å²) < 4.78 is 17.0. The van der Waals surface area contributed by atoms with Crippen molar-refractivity contribution in [2.24, 2.45) is 0 Å². The molecule has 0 rings (SSSR count). The van der Waals surface area contributed by atoms with Crippen LogP contribution in [0.2, 0.25) is 0 Å². The molecule has 0 aromatic carbocycles. The Morgan fingerprint density at radius 1 is 0.852 bits per heavy atom. The van der Waals surface area contributed by atoms with Gasteiger partial charge in [0.2, 0.25) is 0 Å². The maximum atomic E-state index is 11.9. The first-order valence-electron chi connectivity index (χ1n) is 11.0. The SMILES string of the molecule is CCCCCCCOCC(CNC(=O)OC(C)(C)C)OCCCCCCC. The van der Waals surface area contributed by atoms with Crippen LogP contribution in [-0.4, -0.2) is 44.2 Å². The van der Waals surface area contributed by atoms with Crippen molar-refractivity contribution < 1.29 is 19.0 Å². The van der Waals surface area contributed by atoms with Crippen LogP contribution in [0.25, 0.3) is 0 Å². The van der Waals surface area contributed by atoms with Gasteiger partial charge in [-0.3, -0.25) is 0 Å². The van der Waals surface area contributed by atoms with E-state index in [0.29, 0.717) is 19.8 Å². The highest BCUT2D eigenvalue weighted by Crippen LogP contribution is 2.08. The first-order chi connectivity index (χ1) is 12.9. The van der Waals surface area contributed by atoms with Gasteiger partial charge in [0.15, 0.2) is 0 Å². The van der Waals surface area contributed by atoms with E-state index in [2.05, 4.69) is 19.2 Å². The van der Waals surface area contributed by atoms with Crippen molar-refractivity contribution in [2.45, 2.75) is 111 Å². The highest BCUT2D eigenvalue weighted by Gasteiger charge is 2.18. The third-order valence-electron chi connectivity index (χ3n) is 4.17. The molecular formula is C22H45NO4. The maximum Gasteiger partial charge on any atom is 0.407 e. The summed E-state index contributed by atoms with van der Waals surface area (Å²) in [5, 5.41) is 2.80. The number of carbonyl (C=O) groups excluding carboxylic acids is 1. The van der Waals surface area contributed by atoms with Gasteiger partial charge in [0.1, 0.15) is 5.60 Å². The average molecular weight is 388 g/mol. The molecule has 1 unspecified atom stereocenters. The Bertz CT molecular complexity index is 342. The fraction of sp³-hybridized carbons (Fsp3) is 0.955. The quantitative estimate of drug-likeness (QED) is 0.318. The van der Waals surface area contributed by atoms with E-state index in [0.717, 1.165) is 19.4 Å². The van der Waals surface area contributed by atoms with E-state index >= 15 is 0 Å². The number of rotatable bonds is 17. The third kappa shape index (κ3) is 19.7. The largest absolute Gasteiger partial charge is 0.444 e. The fourth-order valence-electron chi connectivity index (χ4n) is 2.66. The van der Waals surface area contributed by atoms with Crippen LogP contribution in [-0.2, 0) is 14.2 Å². The van der Waals surface area contributed by atoms with Crippen LogP contribution in [0, 0.1) is 0 Å². The molecule has 0 aliphatic heterocycles. The third-order valence-corrected chi connectivity index (χ3v) is 4.17. The van der Waals surface area contributed by atoms with E-state index in [1.165, 1.54) is 51.4 Å². The molecule has 1 amide bonds. The van der Waals surface area contributed by atoms with E-state index in [4.69, 9.17) is 14.2 Å². The molecule has 0 aliphatic rings. The van der Waals surface area contributed by atoms with Crippen molar-refractivity contribution in [2.75, 3.05) is 26.4 Å². The van der Waals surface area contributed by atoms with Gasteiger partial charge >= 0.3 is 6.09 Å². The molecule has 5 heteroatoms. The summed E-state index contributed by atoms with van der Waals surface area (Å²) in [6.07, 6.45) is 11.6. The summed E-state index contributed by atoms with van der Waals surface area (Å²) in [6.45, 7) is 12.4. The number of amides is 1. The lowest BCUT2D eigenvalue weighted by molar-refractivity contribution is -0.0194. The molecule has 0 radical (unpaired) electrons. The Balaban J connectivity index is 4.06. The molecule has 0 aromatic rings. The molecule has 0 saturated heterocycles. The van der Waals surface area contributed by atoms with Crippen molar-refractivity contribution in [3.8, 4) is 0 Å². The summed E-state index contributed by atoms with van der Waals surface area (Å²) in [6, 6.07) is 0. The molecule has 0 bridgehead atoms. The van der Waals surface area contributed by atoms with E-state index in [1.54, 1.807) is 0 Å². The Morgan fingerprint density at radius 2 is 1.41 bits per heavy atom. The summed E-state index contributed by atoms with van der Waals surface area (Å²) in [4.78, 5) is 11.9. The van der Waals surface area contributed by atoms with Crippen LogP contribution in [0.4, 0.5) is 4.79 Å². The molecule has 0 fully saturated rings. The minimum absolute atomic E-state index is 0.126. The molecule has 27 heavy (non-hydrogen) atoms. The van der Waals surface area contributed by atoms with E-state index < -0.39 is 11.7 Å². The number of hydrogen-bond donors (Lipinski definition) is 1. The summed E-state index contributed by atoms with van der Waals surface area (Å²) >= 11 is 0. The number of carbonyl (C=O) groups is 1. The molecular weight excluding hydrogens is 342 g/mol. The first kappa shape index (κ1) is 26.2. The fourth-order valence-corrected chi connectivity index (χ4v) is 2.66. The van der Waals surface area contributed by atoms with Crippen LogP contribution < -0.4 is 5.32 Å². The molecule has 0 saturated carbocycles. The van der Waals surface area contributed by atoms with E-state index in [-0.39, 0.29) is 6.10 Å². The second-order valence-corrected chi connectivity index (χ2v) is 8.28. The highest BCUT2D eigenvalue weighted by atomic mass is 16.6. The number of unbranched alkanes of at least 4 members (excludes halogenated alkanes) is 8. The van der Waals surface area contributed by atoms with Crippen LogP contribution in [0.3, 0.4) is 0 Å². The minimum atomic E-state index is -0.491. The normalized spacial score (nSPS) is 12.8. The zero-order chi connectivity index (χ0) is 20.4. The first-order valence-corrected chi connectivity index (χ1v) is 11.0. The second-order valence-electron chi connectivity index (χ2n) is 8.28. The van der Waals surface area contributed by atoms with Crippen molar-refractivity contribution in [3.05, 3.63) is 0 Å². The van der Waals surface area contributed by atoms with Gasteiger partial charge in [0.05, 0.1) is 12.7 Å². The number of nitrogens with one attached hydrogen (secondary N) is 1. The zero-order valence-corrected chi connectivity index (χ0v) is 18.6. The predicted octanol–water partition coefficient (Wildman–Crippen LogP) is 5.85. The number of hydrogen-bond acceptors (Lipinski definition) is 4. The Hall–Kier alpha value is -0.810. The van der Waals surface area contributed by atoms with Gasteiger partial charge in [0.25, 0.3) is 0 Å². The summed E-state index contributed by atoms with van der Waals surface area (Å²) in [5.74, 6) is 0. The Morgan fingerprint density at radius 3 is 1.96 bits per heavy atom. The second kappa shape index (κ2) is 17.3. The Labute approximate surface area is 167 Å². The molecule has 162 valence electrons. The smallest absolute Gasteiger partial charge is 0.407 e. The highest BCUT2D eigenvalue weighted by molar-refractivity contribution is 5.67. The predicted molar refractivity (Wildman–Crippen MR) is 112 cm³/mol. The molecule has 0 aliphatic carbocycles.